The molecule has 0 atom stereocenters. The zero-order valence-electron chi connectivity index (χ0n) is 5.29. The van der Waals surface area contributed by atoms with E-state index in [2.05, 4.69) is 17.3 Å². The van der Waals surface area contributed by atoms with E-state index in [1.165, 1.54) is 0 Å². The largest absolute Gasteiger partial charge is 0.260 e. The molecule has 0 bridgehead atoms. The lowest BCUT2D eigenvalue weighted by atomic mass is 10.4. The first-order valence-corrected chi connectivity index (χ1v) is 4.13. The van der Waals surface area contributed by atoms with Gasteiger partial charge in [-0.25, -0.2) is 0 Å². The summed E-state index contributed by atoms with van der Waals surface area (Å²) in [5, 5.41) is 0. The second-order valence-corrected chi connectivity index (χ2v) is 2.53. The summed E-state index contributed by atoms with van der Waals surface area (Å²) in [7, 11) is 0. The monoisotopic (exact) mass is 138 g/mol. The molecule has 0 aliphatic carbocycles. The molecule has 0 aliphatic heterocycles. The van der Waals surface area contributed by atoms with Crippen molar-refractivity contribution in [1.29, 1.82) is 0 Å². The normalized spacial score (nSPS) is 9.44. The Morgan fingerprint density at radius 3 is 3.22 bits per heavy atom. The molecule has 0 saturated carbocycles. The Hall–Kier alpha value is -0.500. The van der Waals surface area contributed by atoms with E-state index in [1.807, 2.05) is 12.1 Å². The Bertz CT molecular complexity index is 162. The van der Waals surface area contributed by atoms with Crippen molar-refractivity contribution in [3.63, 3.8) is 0 Å². The minimum absolute atomic E-state index is 0.959. The van der Waals surface area contributed by atoms with Crippen LogP contribution in [0, 0.1) is 6.07 Å². The molecule has 0 aromatic carbocycles. The third-order valence-corrected chi connectivity index (χ3v) is 1.51. The minimum Gasteiger partial charge on any atom is -0.260 e. The van der Waals surface area contributed by atoms with Gasteiger partial charge in [-0.05, 0) is 12.3 Å². The molecule has 0 unspecified atom stereocenters. The maximum atomic E-state index is 4.09. The first kappa shape index (κ1) is 6.62. The van der Waals surface area contributed by atoms with Gasteiger partial charge in [-0.15, -0.1) is 0 Å². The van der Waals surface area contributed by atoms with Crippen LogP contribution >= 0.6 is 11.8 Å². The van der Waals surface area contributed by atoms with Gasteiger partial charge in [0.2, 0.25) is 0 Å². The molecule has 2 heteroatoms. The van der Waals surface area contributed by atoms with Crippen LogP contribution in [0.3, 0.4) is 0 Å². The summed E-state index contributed by atoms with van der Waals surface area (Å²) in [6.07, 6.45) is 3.85. The summed E-state index contributed by atoms with van der Waals surface area (Å²) in [5.74, 6) is 0.959. The van der Waals surface area contributed by atoms with E-state index in [9.17, 15) is 0 Å². The van der Waals surface area contributed by atoms with Crippen molar-refractivity contribution in [3.05, 3.63) is 30.1 Å². The SMILES string of the molecule is CSCc1[c]cccn1. The molecule has 0 fully saturated rings. The zero-order chi connectivity index (χ0) is 6.53. The van der Waals surface area contributed by atoms with Gasteiger partial charge in [0.05, 0.1) is 5.69 Å². The van der Waals surface area contributed by atoms with Crippen LogP contribution in [-0.2, 0) is 5.75 Å². The van der Waals surface area contributed by atoms with E-state index in [0.717, 1.165) is 11.4 Å². The lowest BCUT2D eigenvalue weighted by Gasteiger charge is -1.91. The van der Waals surface area contributed by atoms with E-state index in [0.29, 0.717) is 0 Å². The van der Waals surface area contributed by atoms with Crippen LogP contribution in [0.4, 0.5) is 0 Å². The van der Waals surface area contributed by atoms with Crippen molar-refractivity contribution in [2.75, 3.05) is 6.26 Å². The maximum absolute atomic E-state index is 4.09. The van der Waals surface area contributed by atoms with E-state index in [1.54, 1.807) is 18.0 Å². The molecular formula is C7H8NS. The van der Waals surface area contributed by atoms with Crippen LogP contribution in [-0.4, -0.2) is 11.2 Å². The topological polar surface area (TPSA) is 12.9 Å². The number of rotatable bonds is 2. The van der Waals surface area contributed by atoms with Gasteiger partial charge in [0.25, 0.3) is 0 Å². The van der Waals surface area contributed by atoms with E-state index in [-0.39, 0.29) is 0 Å². The number of hydrogen-bond donors (Lipinski definition) is 0. The number of pyridine rings is 1. The summed E-state index contributed by atoms with van der Waals surface area (Å²) in [4.78, 5) is 4.09. The molecule has 9 heavy (non-hydrogen) atoms. The average molecular weight is 138 g/mol. The van der Waals surface area contributed by atoms with Gasteiger partial charge in [0.15, 0.2) is 0 Å². The van der Waals surface area contributed by atoms with Crippen LogP contribution in [0.25, 0.3) is 0 Å². The zero-order valence-corrected chi connectivity index (χ0v) is 6.11. The lowest BCUT2D eigenvalue weighted by Crippen LogP contribution is -1.82. The van der Waals surface area contributed by atoms with Crippen molar-refractivity contribution >= 4 is 11.8 Å². The van der Waals surface area contributed by atoms with Crippen LogP contribution in [0.15, 0.2) is 18.3 Å². The second-order valence-electron chi connectivity index (χ2n) is 1.66. The van der Waals surface area contributed by atoms with E-state index in [4.69, 9.17) is 0 Å². The molecule has 1 heterocycles. The fourth-order valence-corrected chi connectivity index (χ4v) is 1.00. The molecule has 0 amide bonds. The quantitative estimate of drug-likeness (QED) is 0.617. The highest BCUT2D eigenvalue weighted by Crippen LogP contribution is 2.02. The second kappa shape index (κ2) is 3.51. The number of nitrogens with zero attached hydrogens (tertiary/aromatic N) is 1. The van der Waals surface area contributed by atoms with Gasteiger partial charge < -0.3 is 0 Å². The molecule has 1 aromatic heterocycles. The number of aromatic nitrogens is 1. The van der Waals surface area contributed by atoms with Crippen LogP contribution in [0.1, 0.15) is 5.69 Å². The van der Waals surface area contributed by atoms with Crippen molar-refractivity contribution in [1.82, 2.24) is 4.98 Å². The Labute approximate surface area is 59.5 Å². The minimum atomic E-state index is 0.959. The fraction of sp³-hybridized carbons (Fsp3) is 0.286. The van der Waals surface area contributed by atoms with E-state index >= 15 is 0 Å². The van der Waals surface area contributed by atoms with Crippen molar-refractivity contribution < 1.29 is 0 Å². The van der Waals surface area contributed by atoms with E-state index < -0.39 is 0 Å². The Balaban J connectivity index is 2.61. The average Bonchev–Trinajstić information content (AvgIpc) is 1.91. The molecule has 1 aromatic rings. The molecule has 1 radical (unpaired) electrons. The maximum Gasteiger partial charge on any atom is 0.0581 e. The van der Waals surface area contributed by atoms with Crippen LogP contribution in [0.5, 0.6) is 0 Å². The van der Waals surface area contributed by atoms with Crippen molar-refractivity contribution in [2.24, 2.45) is 0 Å². The summed E-state index contributed by atoms with van der Waals surface area (Å²) >= 11 is 1.76. The van der Waals surface area contributed by atoms with Crippen molar-refractivity contribution in [2.45, 2.75) is 5.75 Å². The summed E-state index contributed by atoms with van der Waals surface area (Å²) in [6.45, 7) is 0. The molecule has 1 rings (SSSR count). The highest BCUT2D eigenvalue weighted by Gasteiger charge is 1.87. The number of hydrogen-bond acceptors (Lipinski definition) is 2. The summed E-state index contributed by atoms with van der Waals surface area (Å²) in [6, 6.07) is 6.80. The Morgan fingerprint density at radius 2 is 2.67 bits per heavy atom. The van der Waals surface area contributed by atoms with Gasteiger partial charge in [0, 0.05) is 18.0 Å². The molecule has 0 aliphatic rings. The lowest BCUT2D eigenvalue weighted by molar-refractivity contribution is 1.17. The third kappa shape index (κ3) is 2.06. The number of thioether (sulfide) groups is 1. The van der Waals surface area contributed by atoms with Gasteiger partial charge in [0.1, 0.15) is 0 Å². The highest BCUT2D eigenvalue weighted by atomic mass is 32.2. The van der Waals surface area contributed by atoms with Crippen molar-refractivity contribution in [3.8, 4) is 0 Å². The predicted molar refractivity (Wildman–Crippen MR) is 40.3 cm³/mol. The molecule has 0 spiro atoms. The van der Waals surface area contributed by atoms with Gasteiger partial charge in [-0.1, -0.05) is 6.07 Å². The molecule has 1 nitrogen and oxygen atoms in total. The molecular weight excluding hydrogens is 130 g/mol. The summed E-state index contributed by atoms with van der Waals surface area (Å²) in [5.41, 5.74) is 1.03. The first-order chi connectivity index (χ1) is 4.43. The van der Waals surface area contributed by atoms with Crippen LogP contribution < -0.4 is 0 Å². The van der Waals surface area contributed by atoms with Crippen LogP contribution in [0.2, 0.25) is 0 Å². The van der Waals surface area contributed by atoms with Gasteiger partial charge in [-0.3, -0.25) is 4.98 Å². The Morgan fingerprint density at radius 1 is 1.78 bits per heavy atom. The molecule has 0 saturated heterocycles. The molecule has 47 valence electrons. The molecule has 0 N–H and O–H groups in total. The predicted octanol–water partition coefficient (Wildman–Crippen LogP) is 1.74. The van der Waals surface area contributed by atoms with Gasteiger partial charge in [-0.2, -0.15) is 11.8 Å². The standard InChI is InChI=1S/C7H8NS/c1-9-6-7-4-2-3-5-8-7/h2-3,5H,6H2,1H3. The third-order valence-electron chi connectivity index (χ3n) is 0.944. The highest BCUT2D eigenvalue weighted by molar-refractivity contribution is 7.97. The Kier molecular flexibility index (Phi) is 2.58. The van der Waals surface area contributed by atoms with Gasteiger partial charge >= 0.3 is 0 Å². The smallest absolute Gasteiger partial charge is 0.0581 e. The summed E-state index contributed by atoms with van der Waals surface area (Å²) < 4.78 is 0. The first-order valence-electron chi connectivity index (χ1n) is 2.74. The fourth-order valence-electron chi connectivity index (χ4n) is 0.573.